The zero-order valence-electron chi connectivity index (χ0n) is 12.5. The first kappa shape index (κ1) is 16.1. The van der Waals surface area contributed by atoms with Gasteiger partial charge in [-0.15, -0.1) is 11.3 Å². The van der Waals surface area contributed by atoms with Crippen LogP contribution in [0.3, 0.4) is 0 Å². The van der Waals surface area contributed by atoms with Crippen LogP contribution in [-0.2, 0) is 10.2 Å². The summed E-state index contributed by atoms with van der Waals surface area (Å²) in [7, 11) is 0. The van der Waals surface area contributed by atoms with Crippen LogP contribution in [-0.4, -0.2) is 25.7 Å². The first-order valence-corrected chi connectivity index (χ1v) is 8.34. The molecule has 0 spiro atoms. The minimum atomic E-state index is -0.848. The quantitative estimate of drug-likeness (QED) is 0.927. The lowest BCUT2D eigenvalue weighted by molar-refractivity contribution is 0.0498. The van der Waals surface area contributed by atoms with Gasteiger partial charge >= 0.3 is 0 Å². The SMILES string of the molecule is O=C(NCC1(c2cccs2)CCOCC1)c1ccc(F)cc1F. The van der Waals surface area contributed by atoms with Crippen molar-refractivity contribution in [1.82, 2.24) is 5.32 Å². The summed E-state index contributed by atoms with van der Waals surface area (Å²) < 4.78 is 32.1. The van der Waals surface area contributed by atoms with Crippen molar-refractivity contribution in [2.75, 3.05) is 19.8 Å². The highest BCUT2D eigenvalue weighted by molar-refractivity contribution is 7.10. The Hall–Kier alpha value is -1.79. The second-order valence-corrected chi connectivity index (χ2v) is 6.62. The van der Waals surface area contributed by atoms with E-state index in [2.05, 4.69) is 11.4 Å². The van der Waals surface area contributed by atoms with E-state index in [-0.39, 0.29) is 11.0 Å². The average molecular weight is 337 g/mol. The second-order valence-electron chi connectivity index (χ2n) is 5.68. The van der Waals surface area contributed by atoms with Crippen LogP contribution in [0.25, 0.3) is 0 Å². The molecule has 3 rings (SSSR count). The first-order chi connectivity index (χ1) is 11.1. The summed E-state index contributed by atoms with van der Waals surface area (Å²) in [5, 5.41) is 4.82. The van der Waals surface area contributed by atoms with Gasteiger partial charge in [-0.05, 0) is 36.4 Å². The van der Waals surface area contributed by atoms with Gasteiger partial charge in [0.25, 0.3) is 5.91 Å². The largest absolute Gasteiger partial charge is 0.381 e. The lowest BCUT2D eigenvalue weighted by Crippen LogP contribution is -2.44. The van der Waals surface area contributed by atoms with Crippen LogP contribution in [0, 0.1) is 11.6 Å². The number of amides is 1. The molecule has 3 nitrogen and oxygen atoms in total. The number of halogens is 2. The highest BCUT2D eigenvalue weighted by Crippen LogP contribution is 2.37. The maximum absolute atomic E-state index is 13.7. The molecule has 6 heteroatoms. The van der Waals surface area contributed by atoms with E-state index in [9.17, 15) is 13.6 Å². The van der Waals surface area contributed by atoms with Crippen LogP contribution in [0.4, 0.5) is 8.78 Å². The molecule has 1 saturated heterocycles. The van der Waals surface area contributed by atoms with Crippen molar-refractivity contribution in [3.05, 3.63) is 57.8 Å². The minimum absolute atomic E-state index is 0.139. The third-order valence-corrected chi connectivity index (χ3v) is 5.37. The molecule has 1 aromatic carbocycles. The van der Waals surface area contributed by atoms with Crippen molar-refractivity contribution in [3.8, 4) is 0 Å². The Morgan fingerprint density at radius 2 is 2.04 bits per heavy atom. The Bertz CT molecular complexity index is 682. The molecule has 2 heterocycles. The van der Waals surface area contributed by atoms with E-state index in [1.807, 2.05) is 11.4 Å². The number of ether oxygens (including phenoxy) is 1. The van der Waals surface area contributed by atoms with E-state index in [0.717, 1.165) is 25.0 Å². The molecule has 0 radical (unpaired) electrons. The average Bonchev–Trinajstić information content (AvgIpc) is 3.09. The molecule has 0 aliphatic carbocycles. The van der Waals surface area contributed by atoms with Gasteiger partial charge in [-0.25, -0.2) is 8.78 Å². The van der Waals surface area contributed by atoms with Gasteiger partial charge in [0.2, 0.25) is 0 Å². The minimum Gasteiger partial charge on any atom is -0.381 e. The van der Waals surface area contributed by atoms with Gasteiger partial charge in [-0.1, -0.05) is 6.07 Å². The number of carbonyl (C=O) groups is 1. The van der Waals surface area contributed by atoms with Gasteiger partial charge in [0.15, 0.2) is 0 Å². The molecule has 2 aromatic rings. The number of thiophene rings is 1. The molecule has 122 valence electrons. The third-order valence-electron chi connectivity index (χ3n) is 4.26. The van der Waals surface area contributed by atoms with Crippen molar-refractivity contribution in [2.45, 2.75) is 18.3 Å². The Morgan fingerprint density at radius 3 is 2.70 bits per heavy atom. The summed E-state index contributed by atoms with van der Waals surface area (Å²) in [5.74, 6) is -2.07. The smallest absolute Gasteiger partial charge is 0.254 e. The zero-order chi connectivity index (χ0) is 16.3. The fourth-order valence-electron chi connectivity index (χ4n) is 2.87. The Labute approximate surface area is 137 Å². The molecule has 1 aromatic heterocycles. The fourth-order valence-corrected chi connectivity index (χ4v) is 3.86. The molecule has 0 bridgehead atoms. The van der Waals surface area contributed by atoms with Gasteiger partial charge in [-0.3, -0.25) is 4.79 Å². The van der Waals surface area contributed by atoms with Crippen LogP contribution >= 0.6 is 11.3 Å². The van der Waals surface area contributed by atoms with E-state index in [4.69, 9.17) is 4.74 Å². The topological polar surface area (TPSA) is 38.3 Å². The molecular weight excluding hydrogens is 320 g/mol. The van der Waals surface area contributed by atoms with E-state index in [0.29, 0.717) is 19.8 Å². The molecule has 1 amide bonds. The van der Waals surface area contributed by atoms with Gasteiger partial charge < -0.3 is 10.1 Å². The predicted molar refractivity (Wildman–Crippen MR) is 84.7 cm³/mol. The van der Waals surface area contributed by atoms with Crippen molar-refractivity contribution >= 4 is 17.2 Å². The number of benzene rings is 1. The van der Waals surface area contributed by atoms with E-state index in [1.54, 1.807) is 11.3 Å². The van der Waals surface area contributed by atoms with E-state index < -0.39 is 17.5 Å². The van der Waals surface area contributed by atoms with Crippen LogP contribution in [0.15, 0.2) is 35.7 Å². The van der Waals surface area contributed by atoms with Gasteiger partial charge in [-0.2, -0.15) is 0 Å². The molecule has 1 N–H and O–H groups in total. The number of rotatable bonds is 4. The summed E-state index contributed by atoms with van der Waals surface area (Å²) in [4.78, 5) is 13.4. The van der Waals surface area contributed by atoms with Crippen molar-refractivity contribution in [1.29, 1.82) is 0 Å². The van der Waals surface area contributed by atoms with E-state index >= 15 is 0 Å². The Kier molecular flexibility index (Phi) is 4.73. The first-order valence-electron chi connectivity index (χ1n) is 7.46. The van der Waals surface area contributed by atoms with Gasteiger partial charge in [0.1, 0.15) is 11.6 Å². The lowest BCUT2D eigenvalue weighted by atomic mass is 9.78. The molecule has 0 atom stereocenters. The molecule has 1 aliphatic rings. The Balaban J connectivity index is 1.75. The van der Waals surface area contributed by atoms with Gasteiger partial charge in [0.05, 0.1) is 5.56 Å². The van der Waals surface area contributed by atoms with Crippen LogP contribution in [0.1, 0.15) is 28.1 Å². The summed E-state index contributed by atoms with van der Waals surface area (Å²) in [6.45, 7) is 1.68. The standard InChI is InChI=1S/C17H17F2NO2S/c18-12-3-4-13(14(19)10-12)16(21)20-11-17(5-7-22-8-6-17)15-2-1-9-23-15/h1-4,9-10H,5-8,11H2,(H,20,21). The highest BCUT2D eigenvalue weighted by atomic mass is 32.1. The molecule has 0 unspecified atom stereocenters. The summed E-state index contributed by atoms with van der Waals surface area (Å²) in [6.07, 6.45) is 1.61. The van der Waals surface area contributed by atoms with Crippen molar-refractivity contribution < 1.29 is 18.3 Å². The number of hydrogen-bond acceptors (Lipinski definition) is 3. The zero-order valence-corrected chi connectivity index (χ0v) is 13.3. The van der Waals surface area contributed by atoms with Crippen molar-refractivity contribution in [3.63, 3.8) is 0 Å². The lowest BCUT2D eigenvalue weighted by Gasteiger charge is -2.36. The number of nitrogens with one attached hydrogen (secondary N) is 1. The molecular formula is C17H17F2NO2S. The predicted octanol–water partition coefficient (Wildman–Crippen LogP) is 3.50. The fraction of sp³-hybridized carbons (Fsp3) is 0.353. The Morgan fingerprint density at radius 1 is 1.26 bits per heavy atom. The van der Waals surface area contributed by atoms with Crippen LogP contribution in [0.2, 0.25) is 0 Å². The molecule has 1 fully saturated rings. The molecule has 0 saturated carbocycles. The van der Waals surface area contributed by atoms with Gasteiger partial charge in [0, 0.05) is 36.1 Å². The molecule has 23 heavy (non-hydrogen) atoms. The summed E-state index contributed by atoms with van der Waals surface area (Å²) in [6, 6.07) is 7.01. The third kappa shape index (κ3) is 3.43. The molecule has 1 aliphatic heterocycles. The summed E-state index contributed by atoms with van der Waals surface area (Å²) in [5.41, 5.74) is -0.321. The number of carbonyl (C=O) groups excluding carboxylic acids is 1. The number of hydrogen-bond donors (Lipinski definition) is 1. The normalized spacial score (nSPS) is 17.0. The van der Waals surface area contributed by atoms with Crippen LogP contribution < -0.4 is 5.32 Å². The monoisotopic (exact) mass is 337 g/mol. The maximum atomic E-state index is 13.7. The maximum Gasteiger partial charge on any atom is 0.254 e. The highest BCUT2D eigenvalue weighted by Gasteiger charge is 2.36. The van der Waals surface area contributed by atoms with Crippen LogP contribution in [0.5, 0.6) is 0 Å². The summed E-state index contributed by atoms with van der Waals surface area (Å²) >= 11 is 1.65. The second kappa shape index (κ2) is 6.76. The van der Waals surface area contributed by atoms with Crippen molar-refractivity contribution in [2.24, 2.45) is 0 Å². The van der Waals surface area contributed by atoms with E-state index in [1.165, 1.54) is 10.9 Å².